The van der Waals surface area contributed by atoms with Crippen LogP contribution >= 0.6 is 0 Å². The Bertz CT molecular complexity index is 636. The number of hydrogen-bond donors (Lipinski definition) is 1. The molecular weight excluding hydrogens is 270 g/mol. The van der Waals surface area contributed by atoms with Crippen molar-refractivity contribution >= 4 is 17.7 Å². The van der Waals surface area contributed by atoms with Crippen LogP contribution in [0.2, 0.25) is 0 Å². The van der Waals surface area contributed by atoms with Crippen LogP contribution < -0.4 is 5.32 Å². The highest BCUT2D eigenvalue weighted by Gasteiger charge is 1.99. The van der Waals surface area contributed by atoms with Gasteiger partial charge in [0.1, 0.15) is 0 Å². The molecule has 2 aromatic rings. The molecular formula is C20H23NO. The molecule has 1 amide bonds. The number of hydrogen-bond acceptors (Lipinski definition) is 1. The van der Waals surface area contributed by atoms with Gasteiger partial charge in [0.25, 0.3) is 0 Å². The minimum Gasteiger partial charge on any atom is -0.323 e. The third kappa shape index (κ3) is 4.59. The molecule has 2 heteroatoms. The third-order valence-electron chi connectivity index (χ3n) is 3.66. The highest BCUT2D eigenvalue weighted by Crippen LogP contribution is 2.15. The normalized spacial score (nSPS) is 11.1. The molecule has 0 spiro atoms. The molecule has 0 aromatic heterocycles. The molecule has 0 bridgehead atoms. The fourth-order valence-electron chi connectivity index (χ4n) is 2.17. The highest BCUT2D eigenvalue weighted by molar-refractivity contribution is 6.01. The summed E-state index contributed by atoms with van der Waals surface area (Å²) in [5, 5.41) is 2.87. The van der Waals surface area contributed by atoms with E-state index in [9.17, 15) is 4.79 Å². The quantitative estimate of drug-likeness (QED) is 0.770. The molecule has 22 heavy (non-hydrogen) atoms. The van der Waals surface area contributed by atoms with Gasteiger partial charge in [0.05, 0.1) is 0 Å². The highest BCUT2D eigenvalue weighted by atomic mass is 16.1. The van der Waals surface area contributed by atoms with Gasteiger partial charge < -0.3 is 5.32 Å². The molecule has 0 aliphatic carbocycles. The molecule has 2 rings (SSSR count). The van der Waals surface area contributed by atoms with Gasteiger partial charge in [0.2, 0.25) is 5.91 Å². The number of nitrogens with one attached hydrogen (secondary N) is 1. The van der Waals surface area contributed by atoms with E-state index >= 15 is 0 Å². The second-order valence-electron chi connectivity index (χ2n) is 5.69. The molecule has 0 saturated carbocycles. The van der Waals surface area contributed by atoms with E-state index in [-0.39, 0.29) is 5.91 Å². The molecule has 2 aromatic carbocycles. The molecule has 0 aliphatic rings. The average molecular weight is 293 g/mol. The zero-order chi connectivity index (χ0) is 15.9. The second-order valence-corrected chi connectivity index (χ2v) is 5.69. The minimum atomic E-state index is -0.114. The Morgan fingerprint density at radius 2 is 1.68 bits per heavy atom. The lowest BCUT2D eigenvalue weighted by molar-refractivity contribution is -0.111. The zero-order valence-corrected chi connectivity index (χ0v) is 13.5. The molecule has 1 N–H and O–H groups in total. The topological polar surface area (TPSA) is 29.1 Å². The van der Waals surface area contributed by atoms with Crippen LogP contribution in [-0.4, -0.2) is 5.91 Å². The van der Waals surface area contributed by atoms with Crippen molar-refractivity contribution in [1.29, 1.82) is 0 Å². The maximum Gasteiger partial charge on any atom is 0.248 e. The van der Waals surface area contributed by atoms with E-state index in [0.29, 0.717) is 5.92 Å². The first-order valence-electron chi connectivity index (χ1n) is 7.76. The van der Waals surface area contributed by atoms with Crippen molar-refractivity contribution in [2.24, 2.45) is 0 Å². The van der Waals surface area contributed by atoms with Crippen LogP contribution in [0.15, 0.2) is 54.6 Å². The van der Waals surface area contributed by atoms with Gasteiger partial charge in [-0.05, 0) is 47.2 Å². The van der Waals surface area contributed by atoms with Gasteiger partial charge in [0, 0.05) is 11.8 Å². The Morgan fingerprint density at radius 1 is 1.05 bits per heavy atom. The van der Waals surface area contributed by atoms with Crippen LogP contribution in [0.4, 0.5) is 5.69 Å². The molecule has 0 radical (unpaired) electrons. The SMILES string of the molecule is CCc1ccc(NC(=O)/C=C/c2ccc(C(C)C)cc2)cc1. The molecule has 0 heterocycles. The Balaban J connectivity index is 1.95. The fraction of sp³-hybridized carbons (Fsp3) is 0.250. The Labute approximate surface area is 132 Å². The summed E-state index contributed by atoms with van der Waals surface area (Å²) in [6, 6.07) is 16.2. The fourth-order valence-corrected chi connectivity index (χ4v) is 2.17. The Hall–Kier alpha value is -2.35. The minimum absolute atomic E-state index is 0.114. The van der Waals surface area contributed by atoms with Crippen molar-refractivity contribution in [3.05, 3.63) is 71.3 Å². The number of rotatable bonds is 5. The van der Waals surface area contributed by atoms with E-state index in [4.69, 9.17) is 0 Å². The lowest BCUT2D eigenvalue weighted by Crippen LogP contribution is -2.07. The first kappa shape index (κ1) is 16.0. The Kier molecular flexibility index (Phi) is 5.54. The lowest BCUT2D eigenvalue weighted by Gasteiger charge is -2.05. The average Bonchev–Trinajstić information content (AvgIpc) is 2.54. The summed E-state index contributed by atoms with van der Waals surface area (Å²) in [4.78, 5) is 11.9. The van der Waals surface area contributed by atoms with Crippen LogP contribution in [0.1, 0.15) is 43.4 Å². The smallest absolute Gasteiger partial charge is 0.248 e. The Morgan fingerprint density at radius 3 is 2.23 bits per heavy atom. The van der Waals surface area contributed by atoms with Gasteiger partial charge in [-0.3, -0.25) is 4.79 Å². The number of carbonyl (C=O) groups excluding carboxylic acids is 1. The van der Waals surface area contributed by atoms with Gasteiger partial charge in [-0.1, -0.05) is 57.2 Å². The standard InChI is InChI=1S/C20H23NO/c1-4-16-7-12-19(13-8-16)21-20(22)14-9-17-5-10-18(11-6-17)15(2)3/h5-15H,4H2,1-3H3,(H,21,22)/b14-9+. The van der Waals surface area contributed by atoms with Crippen molar-refractivity contribution in [3.63, 3.8) is 0 Å². The van der Waals surface area contributed by atoms with E-state index in [1.54, 1.807) is 6.08 Å². The van der Waals surface area contributed by atoms with Crippen LogP contribution in [0.5, 0.6) is 0 Å². The molecule has 114 valence electrons. The van der Waals surface area contributed by atoms with E-state index < -0.39 is 0 Å². The molecule has 0 aliphatic heterocycles. The van der Waals surface area contributed by atoms with Crippen molar-refractivity contribution < 1.29 is 4.79 Å². The van der Waals surface area contributed by atoms with Crippen molar-refractivity contribution in [3.8, 4) is 0 Å². The number of benzene rings is 2. The van der Waals surface area contributed by atoms with Crippen LogP contribution in [0.3, 0.4) is 0 Å². The van der Waals surface area contributed by atoms with Gasteiger partial charge in [-0.2, -0.15) is 0 Å². The molecule has 0 atom stereocenters. The number of anilines is 1. The summed E-state index contributed by atoms with van der Waals surface area (Å²) < 4.78 is 0. The predicted octanol–water partition coefficient (Wildman–Crippen LogP) is 5.02. The summed E-state index contributed by atoms with van der Waals surface area (Å²) in [5.74, 6) is 0.407. The number of aryl methyl sites for hydroxylation is 1. The van der Waals surface area contributed by atoms with Crippen molar-refractivity contribution in [2.45, 2.75) is 33.1 Å². The monoisotopic (exact) mass is 293 g/mol. The van der Waals surface area contributed by atoms with Gasteiger partial charge >= 0.3 is 0 Å². The first-order chi connectivity index (χ1) is 10.6. The third-order valence-corrected chi connectivity index (χ3v) is 3.66. The van der Waals surface area contributed by atoms with Gasteiger partial charge in [-0.25, -0.2) is 0 Å². The van der Waals surface area contributed by atoms with E-state index in [1.165, 1.54) is 11.1 Å². The summed E-state index contributed by atoms with van der Waals surface area (Å²) in [6.07, 6.45) is 4.40. The molecule has 2 nitrogen and oxygen atoms in total. The lowest BCUT2D eigenvalue weighted by atomic mass is 10.0. The second kappa shape index (κ2) is 7.60. The maximum absolute atomic E-state index is 11.9. The van der Waals surface area contributed by atoms with Crippen LogP contribution in [0.25, 0.3) is 6.08 Å². The summed E-state index contributed by atoms with van der Waals surface area (Å²) in [7, 11) is 0. The van der Waals surface area contributed by atoms with Gasteiger partial charge in [-0.15, -0.1) is 0 Å². The number of carbonyl (C=O) groups is 1. The molecule has 0 saturated heterocycles. The van der Waals surface area contributed by atoms with Crippen molar-refractivity contribution in [1.82, 2.24) is 0 Å². The maximum atomic E-state index is 11.9. The van der Waals surface area contributed by atoms with Crippen LogP contribution in [0, 0.1) is 0 Å². The number of amides is 1. The van der Waals surface area contributed by atoms with Crippen LogP contribution in [-0.2, 0) is 11.2 Å². The zero-order valence-electron chi connectivity index (χ0n) is 13.5. The summed E-state index contributed by atoms with van der Waals surface area (Å²) in [6.45, 7) is 6.45. The van der Waals surface area contributed by atoms with Crippen molar-refractivity contribution in [2.75, 3.05) is 5.32 Å². The van der Waals surface area contributed by atoms with E-state index in [0.717, 1.165) is 17.7 Å². The molecule has 0 fully saturated rings. The van der Waals surface area contributed by atoms with E-state index in [1.807, 2.05) is 42.5 Å². The largest absolute Gasteiger partial charge is 0.323 e. The molecule has 0 unspecified atom stereocenters. The predicted molar refractivity (Wildman–Crippen MR) is 94.0 cm³/mol. The summed E-state index contributed by atoms with van der Waals surface area (Å²) >= 11 is 0. The first-order valence-corrected chi connectivity index (χ1v) is 7.76. The van der Waals surface area contributed by atoms with E-state index in [2.05, 4.69) is 38.2 Å². The summed E-state index contributed by atoms with van der Waals surface area (Å²) in [5.41, 5.74) is 4.42. The van der Waals surface area contributed by atoms with Gasteiger partial charge in [0.15, 0.2) is 0 Å².